The molecule has 33 heavy (non-hydrogen) atoms. The van der Waals surface area contributed by atoms with E-state index in [1.807, 2.05) is 49.4 Å². The fraction of sp³-hybridized carbons (Fsp3) is 0.250. The van der Waals surface area contributed by atoms with Gasteiger partial charge in [-0.25, -0.2) is 9.97 Å². The smallest absolute Gasteiger partial charge is 0.227 e. The number of hydrogen-bond donors (Lipinski definition) is 1. The number of aromatic nitrogens is 2. The van der Waals surface area contributed by atoms with Crippen molar-refractivity contribution in [2.24, 2.45) is 5.92 Å². The molecule has 0 radical (unpaired) electrons. The second kappa shape index (κ2) is 9.02. The van der Waals surface area contributed by atoms with Crippen molar-refractivity contribution in [2.75, 3.05) is 23.3 Å². The molecular weight excluding hydrogens is 408 g/mol. The molecule has 166 valence electrons. The van der Waals surface area contributed by atoms with Crippen LogP contribution in [0.1, 0.15) is 24.0 Å². The van der Waals surface area contributed by atoms with Gasteiger partial charge in [-0.05, 0) is 56.5 Å². The molecule has 1 aliphatic heterocycles. The minimum absolute atomic E-state index is 0.00142. The topological polar surface area (TPSA) is 58.1 Å². The van der Waals surface area contributed by atoms with E-state index in [4.69, 9.17) is 9.97 Å². The van der Waals surface area contributed by atoms with Crippen molar-refractivity contribution in [2.45, 2.75) is 26.7 Å². The molecule has 0 bridgehead atoms. The van der Waals surface area contributed by atoms with Crippen LogP contribution in [0, 0.1) is 19.8 Å². The number of nitrogens with zero attached hydrogens (tertiary/aromatic N) is 3. The molecule has 5 heteroatoms. The maximum Gasteiger partial charge on any atom is 0.227 e. The molecule has 2 heterocycles. The van der Waals surface area contributed by atoms with Gasteiger partial charge in [0.1, 0.15) is 0 Å². The Morgan fingerprint density at radius 2 is 1.64 bits per heavy atom. The summed E-state index contributed by atoms with van der Waals surface area (Å²) in [5.74, 6) is 0.835. The maximum absolute atomic E-state index is 12.8. The number of fused-ring (bicyclic) bond motifs is 1. The minimum atomic E-state index is -0.00142. The number of benzene rings is 3. The Kier molecular flexibility index (Phi) is 5.78. The van der Waals surface area contributed by atoms with Crippen LogP contribution in [-0.4, -0.2) is 29.0 Å². The lowest BCUT2D eigenvalue weighted by molar-refractivity contribution is -0.120. The molecule has 1 saturated heterocycles. The summed E-state index contributed by atoms with van der Waals surface area (Å²) < 4.78 is 0. The molecule has 5 rings (SSSR count). The highest BCUT2D eigenvalue weighted by Gasteiger charge is 2.27. The number of hydrogen-bond acceptors (Lipinski definition) is 4. The van der Waals surface area contributed by atoms with Crippen LogP contribution >= 0.6 is 0 Å². The van der Waals surface area contributed by atoms with Crippen LogP contribution in [0.4, 0.5) is 11.6 Å². The average molecular weight is 437 g/mol. The Labute approximate surface area is 194 Å². The molecule has 3 aromatic carbocycles. The van der Waals surface area contributed by atoms with E-state index >= 15 is 0 Å². The highest BCUT2D eigenvalue weighted by atomic mass is 16.1. The Bertz CT molecular complexity index is 1290. The van der Waals surface area contributed by atoms with Gasteiger partial charge in [-0.3, -0.25) is 4.79 Å². The first kappa shape index (κ1) is 21.1. The van der Waals surface area contributed by atoms with Gasteiger partial charge in [-0.15, -0.1) is 0 Å². The van der Waals surface area contributed by atoms with E-state index in [0.29, 0.717) is 0 Å². The number of anilines is 2. The standard InChI is InChI=1S/C28H28N4O/c1-19-7-6-10-23(17-19)29-27(33)22-13-15-32(16-14-22)28-30-25-12-11-20(2)18-24(25)26(31-28)21-8-4-3-5-9-21/h3-12,17-18,22H,13-16H2,1-2H3,(H,29,33). The van der Waals surface area contributed by atoms with Gasteiger partial charge in [0.15, 0.2) is 0 Å². The number of rotatable bonds is 4. The monoisotopic (exact) mass is 436 g/mol. The molecule has 0 saturated carbocycles. The van der Waals surface area contributed by atoms with E-state index < -0.39 is 0 Å². The average Bonchev–Trinajstić information content (AvgIpc) is 2.84. The van der Waals surface area contributed by atoms with Gasteiger partial charge < -0.3 is 10.2 Å². The van der Waals surface area contributed by atoms with Crippen LogP contribution in [0.2, 0.25) is 0 Å². The molecule has 5 nitrogen and oxygen atoms in total. The molecule has 1 aliphatic rings. The van der Waals surface area contributed by atoms with Gasteiger partial charge in [0.25, 0.3) is 0 Å². The second-order valence-corrected chi connectivity index (χ2v) is 8.88. The van der Waals surface area contributed by atoms with E-state index in [1.54, 1.807) is 0 Å². The van der Waals surface area contributed by atoms with E-state index in [0.717, 1.165) is 65.3 Å². The van der Waals surface area contributed by atoms with Gasteiger partial charge in [0.2, 0.25) is 11.9 Å². The fourth-order valence-electron chi connectivity index (χ4n) is 4.50. The number of piperidine rings is 1. The van der Waals surface area contributed by atoms with E-state index in [-0.39, 0.29) is 11.8 Å². The SMILES string of the molecule is Cc1cccc(NC(=O)C2CCN(c3nc(-c4ccccc4)c4cc(C)ccc4n3)CC2)c1. The molecule has 0 aliphatic carbocycles. The van der Waals surface area contributed by atoms with Crippen molar-refractivity contribution in [1.29, 1.82) is 0 Å². The van der Waals surface area contributed by atoms with Gasteiger partial charge in [0, 0.05) is 35.6 Å². The number of carbonyl (C=O) groups is 1. The number of aryl methyl sites for hydroxylation is 2. The quantitative estimate of drug-likeness (QED) is 0.441. The van der Waals surface area contributed by atoms with E-state index in [1.165, 1.54) is 5.56 Å². The lowest BCUT2D eigenvalue weighted by atomic mass is 9.96. The first-order chi connectivity index (χ1) is 16.1. The zero-order valence-electron chi connectivity index (χ0n) is 19.1. The van der Waals surface area contributed by atoms with Gasteiger partial charge >= 0.3 is 0 Å². The predicted octanol–water partition coefficient (Wildman–Crippen LogP) is 5.77. The van der Waals surface area contributed by atoms with Gasteiger partial charge in [-0.2, -0.15) is 0 Å². The molecule has 0 spiro atoms. The normalized spacial score (nSPS) is 14.4. The molecule has 1 aromatic heterocycles. The fourth-order valence-corrected chi connectivity index (χ4v) is 4.50. The van der Waals surface area contributed by atoms with Crippen molar-refractivity contribution >= 4 is 28.4 Å². The summed E-state index contributed by atoms with van der Waals surface area (Å²) in [6.45, 7) is 5.65. The molecule has 0 unspecified atom stereocenters. The molecule has 4 aromatic rings. The highest BCUT2D eigenvalue weighted by molar-refractivity contribution is 5.94. The summed E-state index contributed by atoms with van der Waals surface area (Å²) in [5.41, 5.74) is 6.19. The van der Waals surface area contributed by atoms with E-state index in [2.05, 4.69) is 47.5 Å². The van der Waals surface area contributed by atoms with Crippen molar-refractivity contribution in [3.63, 3.8) is 0 Å². The highest BCUT2D eigenvalue weighted by Crippen LogP contribution is 2.30. The van der Waals surface area contributed by atoms with Crippen LogP contribution in [0.5, 0.6) is 0 Å². The summed E-state index contributed by atoms with van der Waals surface area (Å²) >= 11 is 0. The number of carbonyl (C=O) groups excluding carboxylic acids is 1. The third-order valence-corrected chi connectivity index (χ3v) is 6.32. The number of amides is 1. The summed E-state index contributed by atoms with van der Waals surface area (Å²) in [7, 11) is 0. The van der Waals surface area contributed by atoms with Gasteiger partial charge in [-0.1, -0.05) is 54.1 Å². The van der Waals surface area contributed by atoms with Crippen molar-refractivity contribution in [3.8, 4) is 11.3 Å². The Morgan fingerprint density at radius 3 is 2.39 bits per heavy atom. The molecule has 0 atom stereocenters. The van der Waals surface area contributed by atoms with Gasteiger partial charge in [0.05, 0.1) is 11.2 Å². The largest absolute Gasteiger partial charge is 0.341 e. The van der Waals surface area contributed by atoms with Crippen molar-refractivity contribution in [1.82, 2.24) is 9.97 Å². The Hall–Kier alpha value is -3.73. The third-order valence-electron chi connectivity index (χ3n) is 6.32. The third kappa shape index (κ3) is 4.58. The van der Waals surface area contributed by atoms with E-state index in [9.17, 15) is 4.79 Å². The van der Waals surface area contributed by atoms with Crippen LogP contribution in [-0.2, 0) is 4.79 Å². The molecule has 1 amide bonds. The molecule has 1 fully saturated rings. The first-order valence-electron chi connectivity index (χ1n) is 11.5. The Balaban J connectivity index is 1.36. The van der Waals surface area contributed by atoms with Crippen molar-refractivity contribution < 1.29 is 4.79 Å². The molecule has 1 N–H and O–H groups in total. The maximum atomic E-state index is 12.8. The molecular formula is C28H28N4O. The summed E-state index contributed by atoms with van der Waals surface area (Å²) in [6, 6.07) is 24.5. The van der Waals surface area contributed by atoms with Crippen LogP contribution in [0.3, 0.4) is 0 Å². The van der Waals surface area contributed by atoms with Crippen molar-refractivity contribution in [3.05, 3.63) is 83.9 Å². The Morgan fingerprint density at radius 1 is 0.879 bits per heavy atom. The lowest BCUT2D eigenvalue weighted by Gasteiger charge is -2.31. The summed E-state index contributed by atoms with van der Waals surface area (Å²) in [4.78, 5) is 24.9. The summed E-state index contributed by atoms with van der Waals surface area (Å²) in [6.07, 6.45) is 1.57. The van der Waals surface area contributed by atoms with Crippen LogP contribution in [0.25, 0.3) is 22.2 Å². The van der Waals surface area contributed by atoms with Crippen LogP contribution in [0.15, 0.2) is 72.8 Å². The minimum Gasteiger partial charge on any atom is -0.341 e. The lowest BCUT2D eigenvalue weighted by Crippen LogP contribution is -2.39. The number of nitrogens with one attached hydrogen (secondary N) is 1. The summed E-state index contributed by atoms with van der Waals surface area (Å²) in [5, 5.41) is 4.15. The zero-order chi connectivity index (χ0) is 22.8. The second-order valence-electron chi connectivity index (χ2n) is 8.88. The first-order valence-corrected chi connectivity index (χ1v) is 11.5. The zero-order valence-corrected chi connectivity index (χ0v) is 19.1. The van der Waals surface area contributed by atoms with Crippen LogP contribution < -0.4 is 10.2 Å². The predicted molar refractivity (Wildman–Crippen MR) is 134 cm³/mol.